The van der Waals surface area contributed by atoms with Crippen molar-refractivity contribution in [2.75, 3.05) is 18.4 Å². The van der Waals surface area contributed by atoms with Crippen LogP contribution < -0.4 is 20.9 Å². The minimum atomic E-state index is -4.83. The van der Waals surface area contributed by atoms with Crippen molar-refractivity contribution >= 4 is 23.5 Å². The van der Waals surface area contributed by atoms with Crippen molar-refractivity contribution in [3.63, 3.8) is 0 Å². The maximum Gasteiger partial charge on any atom is 0.573 e. The Labute approximate surface area is 196 Å². The van der Waals surface area contributed by atoms with Crippen molar-refractivity contribution in [2.24, 2.45) is 11.3 Å². The topological polar surface area (TPSA) is 120 Å². The standard InChI is InChI=1S/C22H31F3N4O5/c1-21(2,3)18(19(31)29(13-17(30)28-33)12-14-6-4-5-7-14)27-20(32)26-15-8-10-16(11-9-15)34-22(23,24)25/h8-11,14,18,33H,4-7,12-13H2,1-3H3,(H,28,30)(H2,26,27,32)/t18-/m1/s1. The van der Waals surface area contributed by atoms with Crippen LogP contribution in [0.2, 0.25) is 0 Å². The van der Waals surface area contributed by atoms with E-state index in [1.165, 1.54) is 22.5 Å². The van der Waals surface area contributed by atoms with Crippen LogP contribution in [0, 0.1) is 11.3 Å². The average Bonchev–Trinajstić information content (AvgIpc) is 3.23. The molecule has 0 spiro atoms. The summed E-state index contributed by atoms with van der Waals surface area (Å²) in [6.45, 7) is 5.21. The molecule has 190 valence electrons. The van der Waals surface area contributed by atoms with E-state index in [9.17, 15) is 27.6 Å². The van der Waals surface area contributed by atoms with Crippen LogP contribution in [-0.2, 0) is 9.59 Å². The molecular weight excluding hydrogens is 457 g/mol. The Morgan fingerprint density at radius 3 is 2.21 bits per heavy atom. The zero-order chi connectivity index (χ0) is 25.5. The van der Waals surface area contributed by atoms with E-state index in [0.29, 0.717) is 6.54 Å². The van der Waals surface area contributed by atoms with Crippen molar-refractivity contribution in [2.45, 2.75) is 58.9 Å². The molecule has 4 amide bonds. The van der Waals surface area contributed by atoms with Crippen LogP contribution in [-0.4, -0.2) is 53.4 Å². The Morgan fingerprint density at radius 1 is 1.12 bits per heavy atom. The molecule has 34 heavy (non-hydrogen) atoms. The quantitative estimate of drug-likeness (QED) is 0.329. The fraction of sp³-hybridized carbons (Fsp3) is 0.591. The van der Waals surface area contributed by atoms with Gasteiger partial charge in [-0.3, -0.25) is 14.8 Å². The van der Waals surface area contributed by atoms with Crippen LogP contribution in [0.4, 0.5) is 23.7 Å². The molecule has 9 nitrogen and oxygen atoms in total. The number of anilines is 1. The number of alkyl halides is 3. The summed E-state index contributed by atoms with van der Waals surface area (Å²) in [6, 6.07) is 2.79. The Bertz CT molecular complexity index is 850. The van der Waals surface area contributed by atoms with Gasteiger partial charge < -0.3 is 20.3 Å². The first-order valence-corrected chi connectivity index (χ1v) is 10.9. The fourth-order valence-electron chi connectivity index (χ4n) is 3.82. The summed E-state index contributed by atoms with van der Waals surface area (Å²) in [6.07, 6.45) is -0.909. The number of hydroxylamine groups is 1. The van der Waals surface area contributed by atoms with Crippen LogP contribution in [0.5, 0.6) is 5.75 Å². The molecule has 0 heterocycles. The first kappa shape index (κ1) is 27.2. The minimum Gasteiger partial charge on any atom is -0.406 e. The molecule has 4 N–H and O–H groups in total. The number of carbonyl (C=O) groups is 3. The van der Waals surface area contributed by atoms with Crippen molar-refractivity contribution in [1.29, 1.82) is 0 Å². The van der Waals surface area contributed by atoms with Crippen LogP contribution in [0.15, 0.2) is 24.3 Å². The third kappa shape index (κ3) is 8.73. The third-order valence-corrected chi connectivity index (χ3v) is 5.46. The van der Waals surface area contributed by atoms with Gasteiger partial charge in [0.1, 0.15) is 18.3 Å². The van der Waals surface area contributed by atoms with E-state index in [-0.39, 0.29) is 18.2 Å². The van der Waals surface area contributed by atoms with E-state index in [1.54, 1.807) is 20.8 Å². The summed E-state index contributed by atoms with van der Waals surface area (Å²) in [5.41, 5.74) is 0.988. The third-order valence-electron chi connectivity index (χ3n) is 5.46. The second kappa shape index (κ2) is 11.4. The largest absolute Gasteiger partial charge is 0.573 e. The maximum absolute atomic E-state index is 13.4. The van der Waals surface area contributed by atoms with Gasteiger partial charge in [-0.1, -0.05) is 33.6 Å². The summed E-state index contributed by atoms with van der Waals surface area (Å²) >= 11 is 0. The lowest BCUT2D eigenvalue weighted by Gasteiger charge is -2.35. The first-order chi connectivity index (χ1) is 15.8. The first-order valence-electron chi connectivity index (χ1n) is 10.9. The highest BCUT2D eigenvalue weighted by molar-refractivity contribution is 5.95. The molecule has 0 radical (unpaired) electrons. The molecule has 0 bridgehead atoms. The SMILES string of the molecule is CC(C)(C)[C@H](NC(=O)Nc1ccc(OC(F)(F)F)cc1)C(=O)N(CC(=O)NO)CC1CCCC1. The van der Waals surface area contributed by atoms with Gasteiger partial charge in [-0.15, -0.1) is 13.2 Å². The number of ether oxygens (including phenoxy) is 1. The molecule has 0 aromatic heterocycles. The monoisotopic (exact) mass is 488 g/mol. The van der Waals surface area contributed by atoms with Crippen LogP contribution >= 0.6 is 0 Å². The number of hydrogen-bond acceptors (Lipinski definition) is 5. The van der Waals surface area contributed by atoms with E-state index < -0.39 is 41.4 Å². The second-order valence-corrected chi connectivity index (χ2v) is 9.37. The predicted molar refractivity (Wildman–Crippen MR) is 117 cm³/mol. The van der Waals surface area contributed by atoms with Gasteiger partial charge in [-0.2, -0.15) is 0 Å². The molecule has 12 heteroatoms. The number of rotatable bonds is 8. The molecule has 1 fully saturated rings. The predicted octanol–water partition coefficient (Wildman–Crippen LogP) is 3.65. The van der Waals surface area contributed by atoms with Crippen molar-refractivity contribution in [3.8, 4) is 5.75 Å². The summed E-state index contributed by atoms with van der Waals surface area (Å²) in [5.74, 6) is -1.44. The number of nitrogens with zero attached hydrogens (tertiary/aromatic N) is 1. The van der Waals surface area contributed by atoms with Gasteiger partial charge in [0.2, 0.25) is 5.91 Å². The molecule has 2 rings (SSSR count). The summed E-state index contributed by atoms with van der Waals surface area (Å²) in [7, 11) is 0. The van der Waals surface area contributed by atoms with Crippen molar-refractivity contribution in [3.05, 3.63) is 24.3 Å². The minimum absolute atomic E-state index is 0.189. The molecule has 1 aliphatic carbocycles. The number of hydrogen-bond donors (Lipinski definition) is 4. The molecule has 1 aromatic rings. The molecule has 1 aliphatic rings. The highest BCUT2D eigenvalue weighted by atomic mass is 19.4. The molecule has 0 aliphatic heterocycles. The number of halogens is 3. The summed E-state index contributed by atoms with van der Waals surface area (Å²) in [5, 5.41) is 14.0. The van der Waals surface area contributed by atoms with E-state index in [1.807, 2.05) is 0 Å². The lowest BCUT2D eigenvalue weighted by Crippen LogP contribution is -2.57. The van der Waals surface area contributed by atoms with Gasteiger partial charge in [0.05, 0.1) is 0 Å². The van der Waals surface area contributed by atoms with Gasteiger partial charge in [0, 0.05) is 12.2 Å². The zero-order valence-electron chi connectivity index (χ0n) is 19.4. The molecule has 0 unspecified atom stereocenters. The highest BCUT2D eigenvalue weighted by Gasteiger charge is 2.37. The molecule has 1 saturated carbocycles. The molecule has 1 aromatic carbocycles. The molecular formula is C22H31F3N4O5. The van der Waals surface area contributed by atoms with Crippen LogP contribution in [0.1, 0.15) is 46.5 Å². The van der Waals surface area contributed by atoms with Gasteiger partial charge in [0.25, 0.3) is 5.91 Å². The van der Waals surface area contributed by atoms with Crippen LogP contribution in [0.3, 0.4) is 0 Å². The average molecular weight is 489 g/mol. The Balaban J connectivity index is 2.11. The lowest BCUT2D eigenvalue weighted by atomic mass is 9.85. The summed E-state index contributed by atoms with van der Waals surface area (Å²) < 4.78 is 40.7. The lowest BCUT2D eigenvalue weighted by molar-refractivity contribution is -0.274. The number of benzene rings is 1. The molecule has 1 atom stereocenters. The number of nitrogens with one attached hydrogen (secondary N) is 3. The number of urea groups is 1. The zero-order valence-corrected chi connectivity index (χ0v) is 19.4. The van der Waals surface area contributed by atoms with E-state index in [4.69, 9.17) is 5.21 Å². The Hall–Kier alpha value is -3.02. The van der Waals surface area contributed by atoms with E-state index >= 15 is 0 Å². The van der Waals surface area contributed by atoms with Gasteiger partial charge in [-0.25, -0.2) is 10.3 Å². The van der Waals surface area contributed by atoms with Crippen molar-refractivity contribution in [1.82, 2.24) is 15.7 Å². The van der Waals surface area contributed by atoms with Gasteiger partial charge in [-0.05, 0) is 48.4 Å². The number of amides is 4. The van der Waals surface area contributed by atoms with Crippen LogP contribution in [0.25, 0.3) is 0 Å². The van der Waals surface area contributed by atoms with E-state index in [2.05, 4.69) is 15.4 Å². The Kier molecular flexibility index (Phi) is 9.14. The highest BCUT2D eigenvalue weighted by Crippen LogP contribution is 2.28. The smallest absolute Gasteiger partial charge is 0.406 e. The fourth-order valence-corrected chi connectivity index (χ4v) is 3.82. The summed E-state index contributed by atoms with van der Waals surface area (Å²) in [4.78, 5) is 39.2. The normalized spacial score (nSPS) is 15.4. The Morgan fingerprint density at radius 2 is 1.71 bits per heavy atom. The second-order valence-electron chi connectivity index (χ2n) is 9.37. The maximum atomic E-state index is 13.4. The van der Waals surface area contributed by atoms with Crippen molar-refractivity contribution < 1.29 is 37.5 Å². The van der Waals surface area contributed by atoms with Gasteiger partial charge in [0.15, 0.2) is 0 Å². The number of carbonyl (C=O) groups excluding carboxylic acids is 3. The molecule has 0 saturated heterocycles. The van der Waals surface area contributed by atoms with E-state index in [0.717, 1.165) is 37.8 Å². The van der Waals surface area contributed by atoms with Gasteiger partial charge >= 0.3 is 12.4 Å².